The van der Waals surface area contributed by atoms with Crippen molar-refractivity contribution in [1.29, 1.82) is 0 Å². The third-order valence-corrected chi connectivity index (χ3v) is 4.83. The Balaban J connectivity index is 2.05. The number of allylic oxidation sites excluding steroid dienone is 4. The number of hydrogen-bond acceptors (Lipinski definition) is 4. The highest BCUT2D eigenvalue weighted by Gasteiger charge is 2.22. The van der Waals surface area contributed by atoms with E-state index in [9.17, 15) is 4.79 Å². The van der Waals surface area contributed by atoms with Gasteiger partial charge in [0.2, 0.25) is 5.78 Å². The zero-order chi connectivity index (χ0) is 20.6. The predicted octanol–water partition coefficient (Wildman–Crippen LogP) is 3.95. The first kappa shape index (κ1) is 20.8. The quantitative estimate of drug-likeness (QED) is 0.166. The average molecular weight is 453 g/mol. The monoisotopic (exact) mass is 452 g/mol. The number of aromatic nitrogens is 2. The molecule has 148 valence electrons. The molecule has 3 rings (SSSR count). The number of Topliss-reactive ketones (excluding diaryl/α,β-unsaturated/α-hetero) is 1. The van der Waals surface area contributed by atoms with Crippen LogP contribution in [0.2, 0.25) is 0 Å². The third kappa shape index (κ3) is 5.11. The molecule has 0 radical (unpaired) electrons. The molecule has 1 aliphatic heterocycles. The number of carbonyl (C=O) groups is 1. The molecule has 0 amide bonds. The summed E-state index contributed by atoms with van der Waals surface area (Å²) in [7, 11) is 0. The van der Waals surface area contributed by atoms with Crippen LogP contribution >= 0.6 is 15.9 Å². The highest BCUT2D eigenvalue weighted by atomic mass is 79.9. The smallest absolute Gasteiger partial charge is 0.214 e. The number of carbonyl (C=O) groups excluding carboxylic acids is 1. The molecule has 7 heteroatoms. The minimum Gasteiger partial charge on any atom is -0.378 e. The van der Waals surface area contributed by atoms with E-state index in [4.69, 9.17) is 11.2 Å². The molecule has 2 aromatic rings. The summed E-state index contributed by atoms with van der Waals surface area (Å²) in [5.74, 6) is 2.54. The summed E-state index contributed by atoms with van der Waals surface area (Å²) in [6, 6.07) is 7.62. The first-order valence-corrected chi connectivity index (χ1v) is 9.96. The van der Waals surface area contributed by atoms with Gasteiger partial charge in [0.15, 0.2) is 5.82 Å². The largest absolute Gasteiger partial charge is 0.378 e. The number of ketones is 1. The number of terminal acetylenes is 1. The third-order valence-electron chi connectivity index (χ3n) is 4.30. The normalized spacial score (nSPS) is 15.2. The van der Waals surface area contributed by atoms with Crippen molar-refractivity contribution in [1.82, 2.24) is 14.5 Å². The van der Waals surface area contributed by atoms with E-state index in [1.165, 1.54) is 6.08 Å². The summed E-state index contributed by atoms with van der Waals surface area (Å²) < 4.78 is 8.03. The van der Waals surface area contributed by atoms with Crippen LogP contribution in [-0.4, -0.2) is 52.9 Å². The van der Waals surface area contributed by atoms with Crippen LogP contribution in [0.15, 0.2) is 63.9 Å². The number of halogens is 1. The fraction of sp³-hybridized carbons (Fsp3) is 0.227. The molecule has 0 bridgehead atoms. The van der Waals surface area contributed by atoms with E-state index < -0.39 is 0 Å². The van der Waals surface area contributed by atoms with Crippen molar-refractivity contribution < 1.29 is 9.53 Å². The fourth-order valence-corrected chi connectivity index (χ4v) is 3.13. The molecule has 0 unspecified atom stereocenters. The van der Waals surface area contributed by atoms with E-state index in [-0.39, 0.29) is 5.78 Å². The SMILES string of the molecule is C#C/C=C(\C=C/C)C(=O)c1c(/N=C/N2CCOCC2)ncn1-c1ccc(Br)cc1. The van der Waals surface area contributed by atoms with E-state index in [2.05, 4.69) is 31.8 Å². The van der Waals surface area contributed by atoms with Gasteiger partial charge in [0.05, 0.1) is 19.6 Å². The van der Waals surface area contributed by atoms with Gasteiger partial charge >= 0.3 is 0 Å². The maximum atomic E-state index is 13.3. The van der Waals surface area contributed by atoms with Gasteiger partial charge in [-0.1, -0.05) is 34.0 Å². The Morgan fingerprint density at radius 2 is 2.03 bits per heavy atom. The van der Waals surface area contributed by atoms with Crippen molar-refractivity contribution in [3.8, 4) is 18.0 Å². The van der Waals surface area contributed by atoms with Crippen molar-refractivity contribution in [3.05, 3.63) is 64.6 Å². The van der Waals surface area contributed by atoms with Gasteiger partial charge in [-0.3, -0.25) is 9.36 Å². The number of rotatable bonds is 6. The first-order valence-electron chi connectivity index (χ1n) is 9.17. The molecule has 1 fully saturated rings. The van der Waals surface area contributed by atoms with Crippen molar-refractivity contribution in [3.63, 3.8) is 0 Å². The van der Waals surface area contributed by atoms with E-state index in [0.717, 1.165) is 23.2 Å². The van der Waals surface area contributed by atoms with Crippen LogP contribution in [0.4, 0.5) is 5.82 Å². The number of benzene rings is 1. The average Bonchev–Trinajstić information content (AvgIpc) is 3.17. The molecule has 29 heavy (non-hydrogen) atoms. The number of imidazole rings is 1. The molecule has 6 nitrogen and oxygen atoms in total. The lowest BCUT2D eigenvalue weighted by Crippen LogP contribution is -2.35. The molecular weight excluding hydrogens is 432 g/mol. The van der Waals surface area contributed by atoms with Gasteiger partial charge in [0, 0.05) is 28.8 Å². The topological polar surface area (TPSA) is 59.7 Å². The molecule has 1 aliphatic rings. The standard InChI is InChI=1S/C22H21BrN4O2/c1-3-5-17(6-4-2)21(28)20-22(24-15-26-11-13-29-14-12-26)25-16-27(20)19-9-7-18(23)8-10-19/h1,4-10,15-16H,11-14H2,2H3/b6-4-,17-5+,24-15+. The Morgan fingerprint density at radius 1 is 1.31 bits per heavy atom. The molecule has 1 saturated heterocycles. The molecule has 0 atom stereocenters. The van der Waals surface area contributed by atoms with Gasteiger partial charge in [-0.05, 0) is 37.3 Å². The summed E-state index contributed by atoms with van der Waals surface area (Å²) in [5.41, 5.74) is 1.56. The van der Waals surface area contributed by atoms with Crippen LogP contribution < -0.4 is 0 Å². The minimum atomic E-state index is -0.240. The lowest BCUT2D eigenvalue weighted by Gasteiger charge is -2.23. The van der Waals surface area contributed by atoms with Crippen molar-refractivity contribution in [2.24, 2.45) is 4.99 Å². The van der Waals surface area contributed by atoms with E-state index in [0.29, 0.717) is 30.3 Å². The maximum Gasteiger partial charge on any atom is 0.214 e. The van der Waals surface area contributed by atoms with Gasteiger partial charge in [-0.15, -0.1) is 6.42 Å². The van der Waals surface area contributed by atoms with E-state index in [1.807, 2.05) is 36.1 Å². The minimum absolute atomic E-state index is 0.240. The summed E-state index contributed by atoms with van der Waals surface area (Å²) >= 11 is 3.43. The molecular formula is C22H21BrN4O2. The molecule has 2 heterocycles. The summed E-state index contributed by atoms with van der Waals surface area (Å²) in [6.45, 7) is 4.65. The van der Waals surface area contributed by atoms with Crippen LogP contribution in [0.25, 0.3) is 5.69 Å². The Kier molecular flexibility index (Phi) is 7.17. The molecule has 0 N–H and O–H groups in total. The Bertz CT molecular complexity index is 991. The van der Waals surface area contributed by atoms with Crippen molar-refractivity contribution in [2.45, 2.75) is 6.92 Å². The zero-order valence-corrected chi connectivity index (χ0v) is 17.7. The summed E-state index contributed by atoms with van der Waals surface area (Å²) in [5, 5.41) is 0. The molecule has 1 aromatic carbocycles. The molecule has 0 aliphatic carbocycles. The fourth-order valence-electron chi connectivity index (χ4n) is 2.87. The van der Waals surface area contributed by atoms with Gasteiger partial charge in [-0.25, -0.2) is 9.98 Å². The van der Waals surface area contributed by atoms with Crippen LogP contribution in [0.1, 0.15) is 17.4 Å². The number of ether oxygens (including phenoxy) is 1. The Labute approximate surface area is 178 Å². The number of aliphatic imine (C=N–C) groups is 1. The highest BCUT2D eigenvalue weighted by Crippen LogP contribution is 2.25. The Hall–Kier alpha value is -2.95. The molecule has 0 spiro atoms. The lowest BCUT2D eigenvalue weighted by molar-refractivity contribution is 0.0701. The van der Waals surface area contributed by atoms with Crippen LogP contribution in [0, 0.1) is 12.3 Å². The van der Waals surface area contributed by atoms with Gasteiger partial charge in [-0.2, -0.15) is 0 Å². The molecule has 1 aromatic heterocycles. The second kappa shape index (κ2) is 10.0. The highest BCUT2D eigenvalue weighted by molar-refractivity contribution is 9.10. The number of nitrogens with zero attached hydrogens (tertiary/aromatic N) is 4. The molecule has 0 saturated carbocycles. The van der Waals surface area contributed by atoms with E-state index in [1.54, 1.807) is 29.4 Å². The van der Waals surface area contributed by atoms with Gasteiger partial charge in [0.25, 0.3) is 0 Å². The van der Waals surface area contributed by atoms with Crippen LogP contribution in [0.5, 0.6) is 0 Å². The van der Waals surface area contributed by atoms with Gasteiger partial charge in [0.1, 0.15) is 12.0 Å². The second-order valence-electron chi connectivity index (χ2n) is 6.25. The number of hydrogen-bond donors (Lipinski definition) is 0. The lowest BCUT2D eigenvalue weighted by atomic mass is 10.1. The van der Waals surface area contributed by atoms with Crippen molar-refractivity contribution >= 4 is 33.9 Å². The van der Waals surface area contributed by atoms with E-state index >= 15 is 0 Å². The summed E-state index contributed by atoms with van der Waals surface area (Å²) in [4.78, 5) is 24.3. The van der Waals surface area contributed by atoms with Gasteiger partial charge < -0.3 is 9.64 Å². The summed E-state index contributed by atoms with van der Waals surface area (Å²) in [6.07, 6.45) is 13.7. The predicted molar refractivity (Wildman–Crippen MR) is 118 cm³/mol. The van der Waals surface area contributed by atoms with Crippen LogP contribution in [0.3, 0.4) is 0 Å². The second-order valence-corrected chi connectivity index (χ2v) is 7.17. The van der Waals surface area contributed by atoms with Crippen LogP contribution in [-0.2, 0) is 4.74 Å². The van der Waals surface area contributed by atoms with Crippen molar-refractivity contribution in [2.75, 3.05) is 26.3 Å². The Morgan fingerprint density at radius 3 is 2.69 bits per heavy atom. The maximum absolute atomic E-state index is 13.3. The number of morpholine rings is 1. The first-order chi connectivity index (χ1) is 14.1. The zero-order valence-electron chi connectivity index (χ0n) is 16.1.